The molecule has 0 aromatic rings. The molecule has 0 bridgehead atoms. The van der Waals surface area contributed by atoms with Crippen molar-refractivity contribution in [1.29, 1.82) is 5.26 Å². The van der Waals surface area contributed by atoms with E-state index in [1.165, 1.54) is 6.42 Å². The standard InChI is InChI=1S/C9H16BrNO/c1-2-3-5-12-6-4-9(7-10)8-11/h9H,2-7H2,1H3. The predicted molar refractivity (Wildman–Crippen MR) is 53.2 cm³/mol. The van der Waals surface area contributed by atoms with Crippen molar-refractivity contribution in [2.45, 2.75) is 26.2 Å². The maximum absolute atomic E-state index is 8.59. The molecular formula is C9H16BrNO. The van der Waals surface area contributed by atoms with Crippen LogP contribution in [0.2, 0.25) is 0 Å². The molecule has 70 valence electrons. The number of unbranched alkanes of at least 4 members (excludes halogenated alkanes) is 1. The Morgan fingerprint density at radius 3 is 2.75 bits per heavy atom. The van der Waals surface area contributed by atoms with Crippen LogP contribution in [0.4, 0.5) is 0 Å². The number of ether oxygens (including phenoxy) is 1. The summed E-state index contributed by atoms with van der Waals surface area (Å²) in [6.07, 6.45) is 3.12. The second kappa shape index (κ2) is 9.02. The SMILES string of the molecule is CCCCOCCC(C#N)CBr. The summed E-state index contributed by atoms with van der Waals surface area (Å²) in [5.74, 6) is 0.103. The molecule has 0 saturated carbocycles. The van der Waals surface area contributed by atoms with E-state index in [2.05, 4.69) is 28.9 Å². The third kappa shape index (κ3) is 6.63. The van der Waals surface area contributed by atoms with E-state index in [0.29, 0.717) is 6.61 Å². The van der Waals surface area contributed by atoms with Crippen molar-refractivity contribution in [3.05, 3.63) is 0 Å². The molecule has 0 amide bonds. The van der Waals surface area contributed by atoms with Gasteiger partial charge in [0.1, 0.15) is 0 Å². The maximum Gasteiger partial charge on any atom is 0.0665 e. The van der Waals surface area contributed by atoms with Gasteiger partial charge < -0.3 is 4.74 Å². The zero-order valence-corrected chi connectivity index (χ0v) is 9.14. The first-order valence-electron chi connectivity index (χ1n) is 4.38. The van der Waals surface area contributed by atoms with Crippen molar-refractivity contribution < 1.29 is 4.74 Å². The fraction of sp³-hybridized carbons (Fsp3) is 0.889. The average molecular weight is 234 g/mol. The highest BCUT2D eigenvalue weighted by atomic mass is 79.9. The van der Waals surface area contributed by atoms with Crippen molar-refractivity contribution in [2.24, 2.45) is 5.92 Å². The molecule has 0 rings (SSSR count). The van der Waals surface area contributed by atoms with Crippen LogP contribution in [0.1, 0.15) is 26.2 Å². The van der Waals surface area contributed by atoms with Crippen LogP contribution in [0, 0.1) is 17.2 Å². The van der Waals surface area contributed by atoms with Crippen molar-refractivity contribution >= 4 is 15.9 Å². The quantitative estimate of drug-likeness (QED) is 0.501. The molecule has 1 atom stereocenters. The average Bonchev–Trinajstić information content (AvgIpc) is 2.11. The lowest BCUT2D eigenvalue weighted by Crippen LogP contribution is -2.05. The number of nitrogens with zero attached hydrogens (tertiary/aromatic N) is 1. The third-order valence-electron chi connectivity index (χ3n) is 1.62. The van der Waals surface area contributed by atoms with Gasteiger partial charge in [0.2, 0.25) is 0 Å². The van der Waals surface area contributed by atoms with Gasteiger partial charge in [0.15, 0.2) is 0 Å². The highest BCUT2D eigenvalue weighted by molar-refractivity contribution is 9.09. The first-order valence-corrected chi connectivity index (χ1v) is 5.50. The first kappa shape index (κ1) is 11.9. The molecule has 0 saturated heterocycles. The fourth-order valence-electron chi connectivity index (χ4n) is 0.750. The Bertz CT molecular complexity index is 133. The minimum Gasteiger partial charge on any atom is -0.381 e. The molecule has 0 heterocycles. The normalized spacial score (nSPS) is 12.4. The summed E-state index contributed by atoms with van der Waals surface area (Å²) in [6.45, 7) is 3.68. The lowest BCUT2D eigenvalue weighted by molar-refractivity contribution is 0.124. The number of alkyl halides is 1. The summed E-state index contributed by atoms with van der Waals surface area (Å²) in [5, 5.41) is 9.34. The zero-order valence-electron chi connectivity index (χ0n) is 7.55. The van der Waals surface area contributed by atoms with E-state index < -0.39 is 0 Å². The molecule has 0 aliphatic carbocycles. The molecule has 2 nitrogen and oxygen atoms in total. The molecule has 0 fully saturated rings. The summed E-state index contributed by atoms with van der Waals surface area (Å²) in [7, 11) is 0. The molecule has 0 spiro atoms. The minimum absolute atomic E-state index is 0.103. The predicted octanol–water partition coefficient (Wildman–Crippen LogP) is 2.73. The largest absolute Gasteiger partial charge is 0.381 e. The van der Waals surface area contributed by atoms with Crippen LogP contribution < -0.4 is 0 Å². The Morgan fingerprint density at radius 2 is 2.25 bits per heavy atom. The molecule has 0 N–H and O–H groups in total. The molecule has 0 aromatic carbocycles. The van der Waals surface area contributed by atoms with Gasteiger partial charge in [-0.3, -0.25) is 0 Å². The van der Waals surface area contributed by atoms with E-state index in [0.717, 1.165) is 24.8 Å². The second-order valence-corrected chi connectivity index (χ2v) is 3.38. The van der Waals surface area contributed by atoms with Crippen LogP contribution in [-0.2, 0) is 4.74 Å². The van der Waals surface area contributed by atoms with E-state index >= 15 is 0 Å². The van der Waals surface area contributed by atoms with Crippen LogP contribution in [0.15, 0.2) is 0 Å². The van der Waals surface area contributed by atoms with E-state index in [4.69, 9.17) is 10.00 Å². The topological polar surface area (TPSA) is 33.0 Å². The van der Waals surface area contributed by atoms with Gasteiger partial charge in [0, 0.05) is 18.5 Å². The van der Waals surface area contributed by atoms with Gasteiger partial charge in [-0.15, -0.1) is 0 Å². The van der Waals surface area contributed by atoms with Crippen LogP contribution in [-0.4, -0.2) is 18.5 Å². The smallest absolute Gasteiger partial charge is 0.0665 e. The number of rotatable bonds is 7. The number of hydrogen-bond donors (Lipinski definition) is 0. The van der Waals surface area contributed by atoms with Crippen molar-refractivity contribution in [1.82, 2.24) is 0 Å². The van der Waals surface area contributed by atoms with Gasteiger partial charge >= 0.3 is 0 Å². The number of nitriles is 1. The van der Waals surface area contributed by atoms with Gasteiger partial charge in [0.05, 0.1) is 12.0 Å². The summed E-state index contributed by atoms with van der Waals surface area (Å²) in [5.41, 5.74) is 0. The highest BCUT2D eigenvalue weighted by Gasteiger charge is 2.03. The van der Waals surface area contributed by atoms with Gasteiger partial charge in [-0.1, -0.05) is 29.3 Å². The third-order valence-corrected chi connectivity index (χ3v) is 2.40. The Morgan fingerprint density at radius 1 is 1.50 bits per heavy atom. The Hall–Kier alpha value is -0.0700. The van der Waals surface area contributed by atoms with Gasteiger partial charge in [-0.25, -0.2) is 0 Å². The second-order valence-electron chi connectivity index (χ2n) is 2.73. The molecular weight excluding hydrogens is 218 g/mol. The van der Waals surface area contributed by atoms with Crippen LogP contribution in [0.5, 0.6) is 0 Å². The van der Waals surface area contributed by atoms with Gasteiger partial charge in [0.25, 0.3) is 0 Å². The molecule has 1 unspecified atom stereocenters. The van der Waals surface area contributed by atoms with Gasteiger partial charge in [-0.2, -0.15) is 5.26 Å². The van der Waals surface area contributed by atoms with Crippen molar-refractivity contribution in [3.63, 3.8) is 0 Å². The number of halogens is 1. The first-order chi connectivity index (χ1) is 5.85. The van der Waals surface area contributed by atoms with E-state index in [1.54, 1.807) is 0 Å². The zero-order chi connectivity index (χ0) is 9.23. The fourth-order valence-corrected chi connectivity index (χ4v) is 1.22. The molecule has 3 heteroatoms. The summed E-state index contributed by atoms with van der Waals surface area (Å²) >= 11 is 3.28. The molecule has 0 radical (unpaired) electrons. The molecule has 0 aliphatic heterocycles. The summed E-state index contributed by atoms with van der Waals surface area (Å²) in [6, 6.07) is 2.22. The lowest BCUT2D eigenvalue weighted by Gasteiger charge is -2.05. The molecule has 0 aliphatic rings. The Labute approximate surface area is 83.0 Å². The van der Waals surface area contributed by atoms with Gasteiger partial charge in [-0.05, 0) is 12.8 Å². The Kier molecular flexibility index (Phi) is 8.97. The minimum atomic E-state index is 0.103. The Balaban J connectivity index is 3.13. The van der Waals surface area contributed by atoms with E-state index in [1.807, 2.05) is 0 Å². The van der Waals surface area contributed by atoms with Crippen LogP contribution in [0.25, 0.3) is 0 Å². The van der Waals surface area contributed by atoms with Crippen molar-refractivity contribution in [2.75, 3.05) is 18.5 Å². The number of hydrogen-bond acceptors (Lipinski definition) is 2. The van der Waals surface area contributed by atoms with E-state index in [9.17, 15) is 0 Å². The highest BCUT2D eigenvalue weighted by Crippen LogP contribution is 2.05. The monoisotopic (exact) mass is 233 g/mol. The van der Waals surface area contributed by atoms with E-state index in [-0.39, 0.29) is 5.92 Å². The summed E-state index contributed by atoms with van der Waals surface area (Å²) < 4.78 is 5.34. The molecule has 0 aromatic heterocycles. The van der Waals surface area contributed by atoms with Crippen LogP contribution >= 0.6 is 15.9 Å². The lowest BCUT2D eigenvalue weighted by atomic mass is 10.1. The van der Waals surface area contributed by atoms with Crippen molar-refractivity contribution in [3.8, 4) is 6.07 Å². The summed E-state index contributed by atoms with van der Waals surface area (Å²) in [4.78, 5) is 0. The van der Waals surface area contributed by atoms with Crippen LogP contribution in [0.3, 0.4) is 0 Å². The maximum atomic E-state index is 8.59. The molecule has 12 heavy (non-hydrogen) atoms.